The quantitative estimate of drug-likeness (QED) is 0.859. The van der Waals surface area contributed by atoms with E-state index >= 15 is 0 Å². The Hall–Kier alpha value is -1.03. The molecule has 1 heterocycles. The van der Waals surface area contributed by atoms with Gasteiger partial charge in [-0.1, -0.05) is 17.7 Å². The van der Waals surface area contributed by atoms with Gasteiger partial charge in [0.2, 0.25) is 0 Å². The summed E-state index contributed by atoms with van der Waals surface area (Å²) in [6, 6.07) is 11.5. The number of aromatic nitrogens is 1. The lowest BCUT2D eigenvalue weighted by Crippen LogP contribution is -2.02. The SMILES string of the molecule is Cc1cc(C(O)CSc2cccc(Cl)c2)cc(C)n1. The fourth-order valence-corrected chi connectivity index (χ4v) is 3.07. The lowest BCUT2D eigenvalue weighted by molar-refractivity contribution is 0.204. The first-order valence-electron chi connectivity index (χ1n) is 6.06. The molecule has 100 valence electrons. The predicted octanol–water partition coefficient (Wildman–Crippen LogP) is 4.18. The van der Waals surface area contributed by atoms with Crippen LogP contribution in [0, 0.1) is 13.8 Å². The zero-order valence-electron chi connectivity index (χ0n) is 10.9. The molecule has 0 aliphatic heterocycles. The zero-order valence-corrected chi connectivity index (χ0v) is 12.5. The first kappa shape index (κ1) is 14.4. The zero-order chi connectivity index (χ0) is 13.8. The van der Waals surface area contributed by atoms with Crippen LogP contribution < -0.4 is 0 Å². The first-order valence-corrected chi connectivity index (χ1v) is 7.42. The van der Waals surface area contributed by atoms with E-state index in [0.29, 0.717) is 5.75 Å². The lowest BCUT2D eigenvalue weighted by Gasteiger charge is -2.12. The maximum atomic E-state index is 10.2. The predicted molar refractivity (Wildman–Crippen MR) is 80.8 cm³/mol. The van der Waals surface area contributed by atoms with Crippen LogP contribution in [0.1, 0.15) is 23.1 Å². The van der Waals surface area contributed by atoms with Crippen molar-refractivity contribution in [2.45, 2.75) is 24.8 Å². The minimum Gasteiger partial charge on any atom is -0.388 e. The third-order valence-electron chi connectivity index (χ3n) is 2.69. The highest BCUT2D eigenvalue weighted by molar-refractivity contribution is 7.99. The summed E-state index contributed by atoms with van der Waals surface area (Å²) in [5.74, 6) is 0.600. The summed E-state index contributed by atoms with van der Waals surface area (Å²) in [5, 5.41) is 10.9. The fourth-order valence-electron chi connectivity index (χ4n) is 1.89. The molecule has 2 nitrogen and oxygen atoms in total. The van der Waals surface area contributed by atoms with Crippen LogP contribution in [0.3, 0.4) is 0 Å². The summed E-state index contributed by atoms with van der Waals surface area (Å²) in [5.41, 5.74) is 2.78. The number of nitrogens with zero attached hydrogens (tertiary/aromatic N) is 1. The van der Waals surface area contributed by atoms with Gasteiger partial charge in [-0.3, -0.25) is 4.98 Å². The van der Waals surface area contributed by atoms with Gasteiger partial charge >= 0.3 is 0 Å². The monoisotopic (exact) mass is 293 g/mol. The van der Waals surface area contributed by atoms with Gasteiger partial charge in [0, 0.05) is 27.1 Å². The van der Waals surface area contributed by atoms with E-state index < -0.39 is 6.10 Å². The first-order chi connectivity index (χ1) is 9.04. The molecule has 2 aromatic rings. The summed E-state index contributed by atoms with van der Waals surface area (Å²) < 4.78 is 0. The van der Waals surface area contributed by atoms with Crippen molar-refractivity contribution in [1.82, 2.24) is 4.98 Å². The molecule has 1 aromatic carbocycles. The van der Waals surface area contributed by atoms with E-state index in [1.165, 1.54) is 0 Å². The Balaban J connectivity index is 2.03. The van der Waals surface area contributed by atoms with E-state index in [-0.39, 0.29) is 0 Å². The second kappa shape index (κ2) is 6.42. The number of aliphatic hydroxyl groups excluding tert-OH is 1. The summed E-state index contributed by atoms with van der Waals surface area (Å²) in [6.07, 6.45) is -0.496. The third-order valence-corrected chi connectivity index (χ3v) is 4.00. The standard InChI is InChI=1S/C15H16ClNOS/c1-10-6-12(7-11(2)17-10)15(18)9-19-14-5-3-4-13(16)8-14/h3-8,15,18H,9H2,1-2H3. The molecule has 1 unspecified atom stereocenters. The van der Waals surface area contributed by atoms with Crippen LogP contribution >= 0.6 is 23.4 Å². The van der Waals surface area contributed by atoms with Gasteiger partial charge < -0.3 is 5.11 Å². The molecule has 0 amide bonds. The largest absolute Gasteiger partial charge is 0.388 e. The van der Waals surface area contributed by atoms with Gasteiger partial charge in [0.05, 0.1) is 6.10 Å². The summed E-state index contributed by atoms with van der Waals surface area (Å²) in [6.45, 7) is 3.88. The van der Waals surface area contributed by atoms with Crippen LogP contribution in [0.15, 0.2) is 41.3 Å². The molecule has 0 saturated carbocycles. The van der Waals surface area contributed by atoms with Gasteiger partial charge in [-0.15, -0.1) is 11.8 Å². The van der Waals surface area contributed by atoms with Gasteiger partial charge in [-0.05, 0) is 49.7 Å². The van der Waals surface area contributed by atoms with Crippen LogP contribution in [-0.2, 0) is 0 Å². The Labute approximate surface area is 122 Å². The molecule has 19 heavy (non-hydrogen) atoms. The second-order valence-corrected chi connectivity index (χ2v) is 6.00. The molecule has 1 N–H and O–H groups in total. The normalized spacial score (nSPS) is 12.4. The molecule has 0 bridgehead atoms. The van der Waals surface area contributed by atoms with Crippen molar-refractivity contribution in [2.24, 2.45) is 0 Å². The average Bonchev–Trinajstić information content (AvgIpc) is 2.35. The summed E-state index contributed by atoms with van der Waals surface area (Å²) in [4.78, 5) is 5.38. The van der Waals surface area contributed by atoms with Crippen molar-refractivity contribution in [2.75, 3.05) is 5.75 Å². The molecular weight excluding hydrogens is 278 g/mol. The molecule has 1 aromatic heterocycles. The number of benzene rings is 1. The van der Waals surface area contributed by atoms with E-state index in [4.69, 9.17) is 11.6 Å². The van der Waals surface area contributed by atoms with Crippen molar-refractivity contribution in [1.29, 1.82) is 0 Å². The van der Waals surface area contributed by atoms with Gasteiger partial charge in [0.1, 0.15) is 0 Å². The third kappa shape index (κ3) is 4.23. The number of thioether (sulfide) groups is 1. The van der Waals surface area contributed by atoms with Gasteiger partial charge in [-0.25, -0.2) is 0 Å². The van der Waals surface area contributed by atoms with Crippen molar-refractivity contribution < 1.29 is 5.11 Å². The van der Waals surface area contributed by atoms with E-state index in [0.717, 1.165) is 26.9 Å². The molecule has 0 radical (unpaired) electrons. The molecule has 0 aliphatic rings. The smallest absolute Gasteiger partial charge is 0.0885 e. The van der Waals surface area contributed by atoms with Gasteiger partial charge in [0.25, 0.3) is 0 Å². The molecule has 4 heteroatoms. The van der Waals surface area contributed by atoms with Crippen LogP contribution in [-0.4, -0.2) is 15.8 Å². The van der Waals surface area contributed by atoms with E-state index in [1.54, 1.807) is 11.8 Å². The van der Waals surface area contributed by atoms with Gasteiger partial charge in [-0.2, -0.15) is 0 Å². The van der Waals surface area contributed by atoms with Crippen LogP contribution in [0.2, 0.25) is 5.02 Å². The van der Waals surface area contributed by atoms with Crippen molar-refractivity contribution in [3.05, 3.63) is 58.4 Å². The number of rotatable bonds is 4. The maximum absolute atomic E-state index is 10.2. The maximum Gasteiger partial charge on any atom is 0.0885 e. The number of halogens is 1. The van der Waals surface area contributed by atoms with Gasteiger partial charge in [0.15, 0.2) is 0 Å². The van der Waals surface area contributed by atoms with Crippen molar-refractivity contribution >= 4 is 23.4 Å². The molecule has 0 aliphatic carbocycles. The summed E-state index contributed by atoms with van der Waals surface area (Å²) in [7, 11) is 0. The molecule has 0 fully saturated rings. The fraction of sp³-hybridized carbons (Fsp3) is 0.267. The van der Waals surface area contributed by atoms with Crippen LogP contribution in [0.5, 0.6) is 0 Å². The molecule has 1 atom stereocenters. The molecule has 2 rings (SSSR count). The average molecular weight is 294 g/mol. The van der Waals surface area contributed by atoms with Crippen molar-refractivity contribution in [3.63, 3.8) is 0 Å². The number of hydrogen-bond acceptors (Lipinski definition) is 3. The Morgan fingerprint density at radius 2 is 1.89 bits per heavy atom. The molecule has 0 saturated heterocycles. The highest BCUT2D eigenvalue weighted by Crippen LogP contribution is 2.26. The van der Waals surface area contributed by atoms with E-state index in [2.05, 4.69) is 4.98 Å². The second-order valence-electron chi connectivity index (χ2n) is 4.47. The number of aryl methyl sites for hydroxylation is 2. The van der Waals surface area contributed by atoms with Crippen LogP contribution in [0.25, 0.3) is 0 Å². The minimum absolute atomic E-state index is 0.496. The topological polar surface area (TPSA) is 33.1 Å². The Kier molecular flexibility index (Phi) is 4.86. The number of hydrogen-bond donors (Lipinski definition) is 1. The Morgan fingerprint density at radius 3 is 2.53 bits per heavy atom. The summed E-state index contributed by atoms with van der Waals surface area (Å²) >= 11 is 7.53. The van der Waals surface area contributed by atoms with E-state index in [9.17, 15) is 5.11 Å². The lowest BCUT2D eigenvalue weighted by atomic mass is 10.1. The van der Waals surface area contributed by atoms with Crippen LogP contribution in [0.4, 0.5) is 0 Å². The minimum atomic E-state index is -0.496. The number of pyridine rings is 1. The highest BCUT2D eigenvalue weighted by atomic mass is 35.5. The molecular formula is C15H16ClNOS. The Morgan fingerprint density at radius 1 is 1.21 bits per heavy atom. The van der Waals surface area contributed by atoms with E-state index in [1.807, 2.05) is 50.2 Å². The van der Waals surface area contributed by atoms with Crippen molar-refractivity contribution in [3.8, 4) is 0 Å². The Bertz CT molecular complexity index is 554. The molecule has 0 spiro atoms. The highest BCUT2D eigenvalue weighted by Gasteiger charge is 2.10. The number of aliphatic hydroxyl groups is 1.